The second-order valence-electron chi connectivity index (χ2n) is 7.25. The van der Waals surface area contributed by atoms with Crippen molar-refractivity contribution in [2.24, 2.45) is 5.92 Å². The Kier molecular flexibility index (Phi) is 7.39. The molecule has 2 rings (SSSR count). The number of thiocarbonyl (C=S) groups is 1. The third-order valence-electron chi connectivity index (χ3n) is 4.40. The van der Waals surface area contributed by atoms with Gasteiger partial charge in [0.15, 0.2) is 10.8 Å². The van der Waals surface area contributed by atoms with E-state index < -0.39 is 11.2 Å². The summed E-state index contributed by atoms with van der Waals surface area (Å²) in [4.78, 5) is 29.0. The zero-order valence-corrected chi connectivity index (χ0v) is 17.7. The molecule has 0 bridgehead atoms. The largest absolute Gasteiger partial charge is 0.383 e. The van der Waals surface area contributed by atoms with Crippen LogP contribution in [0.15, 0.2) is 33.9 Å². The minimum Gasteiger partial charge on any atom is -0.383 e. The highest BCUT2D eigenvalue weighted by Crippen LogP contribution is 2.21. The second kappa shape index (κ2) is 9.54. The number of aromatic nitrogens is 2. The predicted molar refractivity (Wildman–Crippen MR) is 120 cm³/mol. The predicted octanol–water partition coefficient (Wildman–Crippen LogP) is 3.09. The first kappa shape index (κ1) is 21.7. The molecule has 1 heterocycles. The van der Waals surface area contributed by atoms with Gasteiger partial charge < -0.3 is 16.0 Å². The van der Waals surface area contributed by atoms with Gasteiger partial charge in [-0.15, -0.1) is 0 Å². The van der Waals surface area contributed by atoms with Crippen molar-refractivity contribution < 1.29 is 0 Å². The minimum atomic E-state index is -0.537. The number of anilines is 3. The molecule has 7 nitrogen and oxygen atoms in total. The molecule has 8 heteroatoms. The Labute approximate surface area is 170 Å². The fourth-order valence-electron chi connectivity index (χ4n) is 2.91. The monoisotopic (exact) mass is 403 g/mol. The number of nitrogen functional groups attached to an aromatic ring is 1. The number of hydrogen-bond acceptors (Lipinski definition) is 4. The number of nitrogens with one attached hydrogen (secondary N) is 2. The van der Waals surface area contributed by atoms with E-state index in [2.05, 4.69) is 10.3 Å². The van der Waals surface area contributed by atoms with Crippen LogP contribution in [0.25, 0.3) is 0 Å². The van der Waals surface area contributed by atoms with Crippen LogP contribution in [0.1, 0.15) is 39.2 Å². The van der Waals surface area contributed by atoms with E-state index >= 15 is 0 Å². The Bertz CT molecular complexity index is 948. The highest BCUT2D eigenvalue weighted by Gasteiger charge is 2.23. The minimum absolute atomic E-state index is 0.136. The number of rotatable bonds is 7. The Hall–Kier alpha value is -2.61. The smallest absolute Gasteiger partial charge is 0.330 e. The Morgan fingerprint density at radius 1 is 1.32 bits per heavy atom. The van der Waals surface area contributed by atoms with E-state index in [-0.39, 0.29) is 17.4 Å². The molecular weight excluding hydrogens is 374 g/mol. The number of aromatic amines is 1. The van der Waals surface area contributed by atoms with E-state index in [0.29, 0.717) is 18.2 Å². The van der Waals surface area contributed by atoms with Gasteiger partial charge in [-0.1, -0.05) is 45.4 Å². The Morgan fingerprint density at radius 3 is 2.61 bits per heavy atom. The third-order valence-corrected chi connectivity index (χ3v) is 4.72. The van der Waals surface area contributed by atoms with E-state index in [1.807, 2.05) is 52.0 Å². The molecule has 28 heavy (non-hydrogen) atoms. The lowest BCUT2D eigenvalue weighted by Gasteiger charge is -2.29. The van der Waals surface area contributed by atoms with Gasteiger partial charge >= 0.3 is 5.69 Å². The van der Waals surface area contributed by atoms with Crippen molar-refractivity contribution in [2.45, 2.75) is 47.1 Å². The first-order valence-electron chi connectivity index (χ1n) is 9.53. The van der Waals surface area contributed by atoms with Gasteiger partial charge in [0.05, 0.1) is 0 Å². The van der Waals surface area contributed by atoms with E-state index in [0.717, 1.165) is 24.1 Å². The summed E-state index contributed by atoms with van der Waals surface area (Å²) in [5.74, 6) is 0.350. The number of nitrogens with two attached hydrogens (primary N) is 1. The number of aryl methyl sites for hydroxylation is 1. The molecule has 0 spiro atoms. The molecular formula is C20H29N5O2S. The van der Waals surface area contributed by atoms with Crippen LogP contribution in [0.2, 0.25) is 0 Å². The number of unbranched alkanes of at least 4 members (excludes halogenated alkanes) is 1. The molecule has 2 aromatic rings. The van der Waals surface area contributed by atoms with Gasteiger partial charge in [-0.3, -0.25) is 14.3 Å². The van der Waals surface area contributed by atoms with Crippen LogP contribution >= 0.6 is 12.2 Å². The molecule has 1 aromatic carbocycles. The maximum atomic E-state index is 12.7. The SMILES string of the molecule is CCCCn1c(N)c(N(CC(C)C)C(=S)Nc2ccccc2C)c(=O)[nH]c1=O. The van der Waals surface area contributed by atoms with Crippen LogP contribution in [-0.4, -0.2) is 21.2 Å². The Balaban J connectivity index is 2.50. The summed E-state index contributed by atoms with van der Waals surface area (Å²) in [6.07, 6.45) is 1.69. The van der Waals surface area contributed by atoms with Gasteiger partial charge in [0.1, 0.15) is 5.82 Å². The van der Waals surface area contributed by atoms with Crippen molar-refractivity contribution in [3.8, 4) is 0 Å². The number of hydrogen-bond donors (Lipinski definition) is 3. The first-order valence-corrected chi connectivity index (χ1v) is 9.93. The molecule has 0 aliphatic rings. The summed E-state index contributed by atoms with van der Waals surface area (Å²) < 4.78 is 1.41. The van der Waals surface area contributed by atoms with Gasteiger partial charge in [-0.05, 0) is 43.1 Å². The van der Waals surface area contributed by atoms with Crippen LogP contribution in [0.5, 0.6) is 0 Å². The molecule has 0 atom stereocenters. The van der Waals surface area contributed by atoms with Crippen molar-refractivity contribution in [3.63, 3.8) is 0 Å². The summed E-state index contributed by atoms with van der Waals surface area (Å²) in [7, 11) is 0. The fourth-order valence-corrected chi connectivity index (χ4v) is 3.19. The average molecular weight is 404 g/mol. The molecule has 152 valence electrons. The lowest BCUT2D eigenvalue weighted by atomic mass is 10.2. The van der Waals surface area contributed by atoms with E-state index in [1.54, 1.807) is 4.90 Å². The maximum Gasteiger partial charge on any atom is 0.330 e. The summed E-state index contributed by atoms with van der Waals surface area (Å²) in [5, 5.41) is 3.57. The zero-order valence-electron chi connectivity index (χ0n) is 16.9. The van der Waals surface area contributed by atoms with Crippen molar-refractivity contribution in [1.82, 2.24) is 9.55 Å². The fraction of sp³-hybridized carbons (Fsp3) is 0.450. The van der Waals surface area contributed by atoms with Gasteiger partial charge in [0.2, 0.25) is 0 Å². The average Bonchev–Trinajstić information content (AvgIpc) is 2.62. The van der Waals surface area contributed by atoms with E-state index in [1.165, 1.54) is 4.57 Å². The molecule has 0 saturated carbocycles. The van der Waals surface area contributed by atoms with Crippen molar-refractivity contribution in [2.75, 3.05) is 22.5 Å². The van der Waals surface area contributed by atoms with Crippen LogP contribution in [0.4, 0.5) is 17.2 Å². The lowest BCUT2D eigenvalue weighted by Crippen LogP contribution is -2.44. The highest BCUT2D eigenvalue weighted by atomic mass is 32.1. The van der Waals surface area contributed by atoms with Crippen LogP contribution in [-0.2, 0) is 6.54 Å². The summed E-state index contributed by atoms with van der Waals surface area (Å²) in [5.41, 5.74) is 7.33. The molecule has 0 amide bonds. The normalized spacial score (nSPS) is 10.9. The molecule has 0 aliphatic carbocycles. The van der Waals surface area contributed by atoms with Gasteiger partial charge in [0, 0.05) is 18.8 Å². The maximum absolute atomic E-state index is 12.7. The highest BCUT2D eigenvalue weighted by molar-refractivity contribution is 7.80. The van der Waals surface area contributed by atoms with Gasteiger partial charge in [-0.2, -0.15) is 0 Å². The van der Waals surface area contributed by atoms with Crippen molar-refractivity contribution >= 4 is 34.5 Å². The quantitative estimate of drug-likeness (QED) is 0.615. The molecule has 4 N–H and O–H groups in total. The second-order valence-corrected chi connectivity index (χ2v) is 7.63. The Morgan fingerprint density at radius 2 is 2.00 bits per heavy atom. The van der Waals surface area contributed by atoms with Gasteiger partial charge in [0.25, 0.3) is 5.56 Å². The molecule has 0 saturated heterocycles. The molecule has 0 aliphatic heterocycles. The summed E-state index contributed by atoms with van der Waals surface area (Å²) >= 11 is 5.62. The topological polar surface area (TPSA) is 96.2 Å². The third kappa shape index (κ3) is 5.01. The molecule has 0 radical (unpaired) electrons. The molecule has 0 unspecified atom stereocenters. The van der Waals surface area contributed by atoms with Crippen molar-refractivity contribution in [3.05, 3.63) is 50.7 Å². The number of H-pyrrole nitrogens is 1. The first-order chi connectivity index (χ1) is 13.3. The van der Waals surface area contributed by atoms with Crippen molar-refractivity contribution in [1.29, 1.82) is 0 Å². The number of benzene rings is 1. The summed E-state index contributed by atoms with van der Waals surface area (Å²) in [6.45, 7) is 8.99. The van der Waals surface area contributed by atoms with E-state index in [4.69, 9.17) is 18.0 Å². The van der Waals surface area contributed by atoms with Crippen LogP contribution < -0.4 is 27.2 Å². The molecule has 1 aromatic heterocycles. The van der Waals surface area contributed by atoms with E-state index in [9.17, 15) is 9.59 Å². The zero-order chi connectivity index (χ0) is 20.8. The number of nitrogens with zero attached hydrogens (tertiary/aromatic N) is 2. The summed E-state index contributed by atoms with van der Waals surface area (Å²) in [6, 6.07) is 7.76. The van der Waals surface area contributed by atoms with Crippen LogP contribution in [0, 0.1) is 12.8 Å². The van der Waals surface area contributed by atoms with Gasteiger partial charge in [-0.25, -0.2) is 4.79 Å². The molecule has 0 fully saturated rings. The standard InChI is InChI=1S/C20H29N5O2S/c1-5-6-11-24-17(21)16(18(26)23-19(24)27)25(12-13(2)3)20(28)22-15-10-8-7-9-14(15)4/h7-10,13H,5-6,11-12,21H2,1-4H3,(H,22,28)(H,23,26,27). The number of para-hydroxylation sites is 1. The van der Waals surface area contributed by atoms with Crippen LogP contribution in [0.3, 0.4) is 0 Å². The lowest BCUT2D eigenvalue weighted by molar-refractivity contribution is 0.601.